The molecule has 0 saturated heterocycles. The smallest absolute Gasteiger partial charge is 0.411 e. The number of amides is 1. The molecule has 5 aromatic rings. The summed E-state index contributed by atoms with van der Waals surface area (Å²) in [6.07, 6.45) is 4.11. The van der Waals surface area contributed by atoms with Gasteiger partial charge in [0.2, 0.25) is 11.3 Å². The van der Waals surface area contributed by atoms with Crippen molar-refractivity contribution in [3.8, 4) is 28.1 Å². The minimum atomic E-state index is -1.63. The SMILES string of the molecule is Cc1cc(N(C)C(=O)O)ccc1-c1cnc(C2(O)CCc3cc(-c4cc(Cl)ccc4-n4cnnn4)c[n+]([O-])c32)[nH]1. The van der Waals surface area contributed by atoms with Crippen LogP contribution in [0.3, 0.4) is 0 Å². The standard InChI is InChI=1S/C27H23ClN8O4/c1-15-9-19(34(2)26(37)38)4-5-20(15)22-12-29-25(31-22)27(39)8-7-16-10-17(13-36(40)24(16)27)21-11-18(28)3-6-23(21)35-14-30-32-33-35/h3-6,9-14,39H,7-8H2,1-2H3,(H,29,31)(H,37,38). The maximum absolute atomic E-state index is 13.4. The molecule has 0 aliphatic heterocycles. The van der Waals surface area contributed by atoms with Crippen LogP contribution in [0.4, 0.5) is 10.5 Å². The van der Waals surface area contributed by atoms with E-state index in [1.165, 1.54) is 24.3 Å². The Balaban J connectivity index is 1.37. The van der Waals surface area contributed by atoms with Crippen LogP contribution in [0, 0.1) is 12.1 Å². The second-order valence-electron chi connectivity index (χ2n) is 9.69. The van der Waals surface area contributed by atoms with Gasteiger partial charge in [-0.25, -0.2) is 9.78 Å². The van der Waals surface area contributed by atoms with Gasteiger partial charge in [0, 0.05) is 40.0 Å². The summed E-state index contributed by atoms with van der Waals surface area (Å²) < 4.78 is 2.18. The number of hydrogen-bond donors (Lipinski definition) is 3. The van der Waals surface area contributed by atoms with E-state index in [0.717, 1.165) is 16.0 Å². The predicted molar refractivity (Wildman–Crippen MR) is 145 cm³/mol. The molecule has 6 rings (SSSR count). The van der Waals surface area contributed by atoms with Gasteiger partial charge in [-0.15, -0.1) is 5.10 Å². The fraction of sp³-hybridized carbons (Fsp3) is 0.185. The summed E-state index contributed by atoms with van der Waals surface area (Å²) in [6.45, 7) is 1.86. The number of tetrazole rings is 1. The van der Waals surface area contributed by atoms with Gasteiger partial charge in [-0.2, -0.15) is 9.41 Å². The average molecular weight is 559 g/mol. The van der Waals surface area contributed by atoms with E-state index < -0.39 is 11.7 Å². The summed E-state index contributed by atoms with van der Waals surface area (Å²) in [7, 11) is 1.47. The van der Waals surface area contributed by atoms with Crippen molar-refractivity contribution >= 4 is 23.4 Å². The highest BCUT2D eigenvalue weighted by Crippen LogP contribution is 2.41. The Morgan fingerprint density at radius 2 is 2.05 bits per heavy atom. The van der Waals surface area contributed by atoms with Crippen LogP contribution >= 0.6 is 11.6 Å². The molecule has 1 amide bonds. The lowest BCUT2D eigenvalue weighted by Gasteiger charge is -2.20. The summed E-state index contributed by atoms with van der Waals surface area (Å²) in [5.74, 6) is 0.252. The molecule has 1 unspecified atom stereocenters. The lowest BCUT2D eigenvalue weighted by Crippen LogP contribution is -2.42. The number of nitrogens with one attached hydrogen (secondary N) is 1. The van der Waals surface area contributed by atoms with Gasteiger partial charge in [-0.05, 0) is 72.2 Å². The Labute approximate surface area is 232 Å². The van der Waals surface area contributed by atoms with Gasteiger partial charge in [0.05, 0.1) is 17.6 Å². The van der Waals surface area contributed by atoms with Crippen molar-refractivity contribution in [3.05, 3.63) is 94.1 Å². The van der Waals surface area contributed by atoms with Crippen LogP contribution in [0.2, 0.25) is 5.02 Å². The molecule has 0 radical (unpaired) electrons. The monoisotopic (exact) mass is 558 g/mol. The summed E-state index contributed by atoms with van der Waals surface area (Å²) in [5.41, 5.74) is 3.97. The third kappa shape index (κ3) is 4.14. The highest BCUT2D eigenvalue weighted by atomic mass is 35.5. The lowest BCUT2D eigenvalue weighted by molar-refractivity contribution is -0.620. The number of benzene rings is 2. The van der Waals surface area contributed by atoms with Gasteiger partial charge >= 0.3 is 6.09 Å². The number of aromatic amines is 1. The first-order chi connectivity index (χ1) is 19.2. The van der Waals surface area contributed by atoms with Crippen LogP contribution in [-0.2, 0) is 12.0 Å². The topological polar surface area (TPSA) is 160 Å². The van der Waals surface area contributed by atoms with Crippen LogP contribution < -0.4 is 9.63 Å². The van der Waals surface area contributed by atoms with E-state index in [1.807, 2.05) is 13.0 Å². The maximum atomic E-state index is 13.4. The van der Waals surface area contributed by atoms with Crippen LogP contribution in [0.1, 0.15) is 29.1 Å². The van der Waals surface area contributed by atoms with Gasteiger partial charge in [-0.1, -0.05) is 17.7 Å². The quantitative estimate of drug-likeness (QED) is 0.218. The zero-order valence-corrected chi connectivity index (χ0v) is 22.2. The Morgan fingerprint density at radius 3 is 2.77 bits per heavy atom. The molecule has 0 saturated carbocycles. The number of rotatable bonds is 5. The zero-order valence-electron chi connectivity index (χ0n) is 21.4. The van der Waals surface area contributed by atoms with Crippen molar-refractivity contribution in [2.45, 2.75) is 25.4 Å². The van der Waals surface area contributed by atoms with E-state index in [2.05, 4.69) is 25.5 Å². The fourth-order valence-corrected chi connectivity index (χ4v) is 5.40. The first kappa shape index (κ1) is 25.5. The van der Waals surface area contributed by atoms with Crippen molar-refractivity contribution in [2.75, 3.05) is 11.9 Å². The number of H-pyrrole nitrogens is 1. The van der Waals surface area contributed by atoms with Crippen molar-refractivity contribution in [1.82, 2.24) is 30.2 Å². The number of hydrogen-bond acceptors (Lipinski definition) is 7. The van der Waals surface area contributed by atoms with Gasteiger partial charge in [-0.3, -0.25) is 4.90 Å². The molecule has 2 aromatic carbocycles. The molecule has 1 aliphatic carbocycles. The molecule has 0 fully saturated rings. The Morgan fingerprint density at radius 1 is 1.23 bits per heavy atom. The van der Waals surface area contributed by atoms with Crippen molar-refractivity contribution in [3.63, 3.8) is 0 Å². The molecule has 1 atom stereocenters. The Bertz CT molecular complexity index is 1770. The summed E-state index contributed by atoms with van der Waals surface area (Å²) in [5, 5.41) is 46.3. The first-order valence-corrected chi connectivity index (χ1v) is 12.7. The number of nitrogens with zero attached hydrogens (tertiary/aromatic N) is 7. The molecule has 40 heavy (non-hydrogen) atoms. The van der Waals surface area contributed by atoms with E-state index in [9.17, 15) is 20.2 Å². The highest BCUT2D eigenvalue weighted by molar-refractivity contribution is 6.31. The van der Waals surface area contributed by atoms with Gasteiger partial charge in [0.1, 0.15) is 12.2 Å². The molecule has 0 spiro atoms. The van der Waals surface area contributed by atoms with Crippen LogP contribution in [-0.4, -0.2) is 53.5 Å². The van der Waals surface area contributed by atoms with Crippen molar-refractivity contribution in [1.29, 1.82) is 0 Å². The molecule has 3 heterocycles. The number of fused-ring (bicyclic) bond motifs is 1. The van der Waals surface area contributed by atoms with E-state index in [0.29, 0.717) is 49.9 Å². The highest BCUT2D eigenvalue weighted by Gasteiger charge is 2.48. The molecule has 12 nitrogen and oxygen atoms in total. The van der Waals surface area contributed by atoms with Crippen LogP contribution in [0.5, 0.6) is 0 Å². The number of imidazole rings is 1. The maximum Gasteiger partial charge on any atom is 0.411 e. The fourth-order valence-electron chi connectivity index (χ4n) is 5.22. The predicted octanol–water partition coefficient (Wildman–Crippen LogP) is 3.61. The van der Waals surface area contributed by atoms with E-state index in [-0.39, 0.29) is 17.9 Å². The van der Waals surface area contributed by atoms with E-state index in [1.54, 1.807) is 42.6 Å². The zero-order chi connectivity index (χ0) is 28.2. The minimum Gasteiger partial charge on any atom is -0.618 e. The number of halogens is 1. The Hall–Kier alpha value is -4.81. The summed E-state index contributed by atoms with van der Waals surface area (Å²) in [4.78, 5) is 20.1. The van der Waals surface area contributed by atoms with Crippen LogP contribution in [0.25, 0.3) is 28.1 Å². The molecule has 202 valence electrons. The first-order valence-electron chi connectivity index (χ1n) is 12.3. The largest absolute Gasteiger partial charge is 0.618 e. The number of aryl methyl sites for hydroxylation is 2. The van der Waals surface area contributed by atoms with Crippen molar-refractivity contribution < 1.29 is 19.7 Å². The Kier molecular flexibility index (Phi) is 6.01. The van der Waals surface area contributed by atoms with Gasteiger partial charge in [0.15, 0.2) is 6.20 Å². The molecular formula is C27H23ClN8O4. The normalized spacial score (nSPS) is 16.2. The summed E-state index contributed by atoms with van der Waals surface area (Å²) >= 11 is 6.29. The number of carbonyl (C=O) groups is 1. The molecule has 3 N–H and O–H groups in total. The molecule has 0 bridgehead atoms. The van der Waals surface area contributed by atoms with E-state index in [4.69, 9.17) is 11.6 Å². The molecule has 1 aliphatic rings. The average Bonchev–Trinajstić information content (AvgIpc) is 3.69. The molecule has 13 heteroatoms. The third-order valence-corrected chi connectivity index (χ3v) is 7.50. The number of anilines is 1. The van der Waals surface area contributed by atoms with Crippen LogP contribution in [0.15, 0.2) is 61.2 Å². The number of aromatic nitrogens is 7. The van der Waals surface area contributed by atoms with Crippen molar-refractivity contribution in [2.24, 2.45) is 0 Å². The van der Waals surface area contributed by atoms with Gasteiger partial charge in [0.25, 0.3) is 0 Å². The number of carboxylic acid groups (broad SMARTS) is 1. The second kappa shape index (κ2) is 9.43. The minimum absolute atomic E-state index is 0.207. The lowest BCUT2D eigenvalue weighted by atomic mass is 9.98. The summed E-state index contributed by atoms with van der Waals surface area (Å²) in [6, 6.07) is 12.3. The third-order valence-electron chi connectivity index (χ3n) is 7.27. The second-order valence-corrected chi connectivity index (χ2v) is 10.1. The number of aliphatic hydroxyl groups is 1. The molecular weight excluding hydrogens is 536 g/mol. The van der Waals surface area contributed by atoms with E-state index >= 15 is 0 Å². The molecule has 3 aromatic heterocycles. The van der Waals surface area contributed by atoms with Gasteiger partial charge < -0.3 is 20.4 Å². The number of pyridine rings is 1.